The van der Waals surface area contributed by atoms with Crippen molar-refractivity contribution >= 4 is 11.3 Å². The van der Waals surface area contributed by atoms with Crippen molar-refractivity contribution in [1.29, 1.82) is 0 Å². The summed E-state index contributed by atoms with van der Waals surface area (Å²) in [5.74, 6) is 2.65. The minimum Gasteiger partial charge on any atom is -0.135 e. The molecule has 0 N–H and O–H groups in total. The molecule has 0 bridgehead atoms. The van der Waals surface area contributed by atoms with Crippen molar-refractivity contribution in [2.75, 3.05) is 0 Å². The molecule has 2 rings (SSSR count). The second-order valence-electron chi connectivity index (χ2n) is 3.21. The van der Waals surface area contributed by atoms with Crippen LogP contribution in [-0.2, 0) is 0 Å². The Morgan fingerprint density at radius 1 is 1.21 bits per heavy atom. The Balaban J connectivity index is 2.45. The lowest BCUT2D eigenvalue weighted by Crippen LogP contribution is -1.75. The van der Waals surface area contributed by atoms with Crippen molar-refractivity contribution in [2.45, 2.75) is 6.92 Å². The fraction of sp³-hybridized carbons (Fsp3) is 0.0769. The number of benzene rings is 1. The van der Waals surface area contributed by atoms with E-state index in [2.05, 4.69) is 48.6 Å². The zero-order valence-electron chi connectivity index (χ0n) is 7.95. The van der Waals surface area contributed by atoms with Crippen LogP contribution in [0.25, 0.3) is 11.1 Å². The number of hydrogen-bond acceptors (Lipinski definition) is 1. The fourth-order valence-electron chi connectivity index (χ4n) is 1.39. The highest BCUT2D eigenvalue weighted by molar-refractivity contribution is 7.11. The molecular formula is C13H10S. The average molecular weight is 198 g/mol. The Morgan fingerprint density at radius 2 is 2.07 bits per heavy atom. The Hall–Kier alpha value is -1.52. The molecular weight excluding hydrogens is 188 g/mol. The van der Waals surface area contributed by atoms with Crippen LogP contribution in [0.3, 0.4) is 0 Å². The number of hydrogen-bond donors (Lipinski definition) is 0. The normalized spacial score (nSPS) is 9.71. The fourth-order valence-corrected chi connectivity index (χ4v) is 2.11. The summed E-state index contributed by atoms with van der Waals surface area (Å²) >= 11 is 1.61. The Labute approximate surface area is 88.2 Å². The van der Waals surface area contributed by atoms with Crippen LogP contribution in [0.4, 0.5) is 0 Å². The van der Waals surface area contributed by atoms with Crippen molar-refractivity contribution in [3.05, 3.63) is 46.2 Å². The van der Waals surface area contributed by atoms with Gasteiger partial charge in [-0.15, -0.1) is 17.8 Å². The minimum absolute atomic E-state index is 0.988. The van der Waals surface area contributed by atoms with Gasteiger partial charge in [-0.25, -0.2) is 0 Å². The summed E-state index contributed by atoms with van der Waals surface area (Å²) in [4.78, 5) is 0.988. The summed E-state index contributed by atoms with van der Waals surface area (Å²) in [6.45, 7) is 2.10. The van der Waals surface area contributed by atoms with Crippen LogP contribution in [0.15, 0.2) is 35.7 Å². The predicted molar refractivity (Wildman–Crippen MR) is 62.4 cm³/mol. The van der Waals surface area contributed by atoms with Crippen molar-refractivity contribution in [3.8, 4) is 23.5 Å². The van der Waals surface area contributed by atoms with E-state index in [1.807, 2.05) is 0 Å². The molecule has 0 spiro atoms. The third-order valence-corrected chi connectivity index (χ3v) is 2.95. The summed E-state index contributed by atoms with van der Waals surface area (Å²) in [7, 11) is 0. The number of aryl methyl sites for hydroxylation is 1. The maximum absolute atomic E-state index is 5.33. The SMILES string of the molecule is C#Cc1cc(-c2cccc(C)c2)cs1. The van der Waals surface area contributed by atoms with Gasteiger partial charge < -0.3 is 0 Å². The zero-order valence-corrected chi connectivity index (χ0v) is 8.77. The van der Waals surface area contributed by atoms with Gasteiger partial charge >= 0.3 is 0 Å². The molecule has 0 amide bonds. The average Bonchev–Trinajstić information content (AvgIpc) is 2.66. The van der Waals surface area contributed by atoms with Gasteiger partial charge in [0.1, 0.15) is 0 Å². The molecule has 0 saturated heterocycles. The quantitative estimate of drug-likeness (QED) is 0.613. The van der Waals surface area contributed by atoms with E-state index in [1.54, 1.807) is 11.3 Å². The van der Waals surface area contributed by atoms with Gasteiger partial charge in [0, 0.05) is 0 Å². The summed E-state index contributed by atoms with van der Waals surface area (Å²) in [6, 6.07) is 10.5. The number of rotatable bonds is 1. The molecule has 1 aromatic heterocycles. The Kier molecular flexibility index (Phi) is 2.39. The van der Waals surface area contributed by atoms with E-state index in [0.29, 0.717) is 0 Å². The van der Waals surface area contributed by atoms with Crippen LogP contribution < -0.4 is 0 Å². The van der Waals surface area contributed by atoms with E-state index in [0.717, 1.165) is 4.88 Å². The van der Waals surface area contributed by atoms with Crippen LogP contribution in [-0.4, -0.2) is 0 Å². The summed E-state index contributed by atoms with van der Waals surface area (Å²) in [5.41, 5.74) is 3.73. The molecule has 0 aliphatic carbocycles. The Bertz CT molecular complexity index is 486. The highest BCUT2D eigenvalue weighted by Gasteiger charge is 2.00. The minimum atomic E-state index is 0.988. The first kappa shape index (κ1) is 9.05. The lowest BCUT2D eigenvalue weighted by Gasteiger charge is -1.98. The standard InChI is InChI=1S/C13H10S/c1-3-13-8-12(9-14-13)11-6-4-5-10(2)7-11/h1,4-9H,2H3. The van der Waals surface area contributed by atoms with Crippen LogP contribution in [0.2, 0.25) is 0 Å². The van der Waals surface area contributed by atoms with E-state index in [4.69, 9.17) is 6.42 Å². The molecule has 1 heteroatoms. The smallest absolute Gasteiger partial charge is 0.0772 e. The van der Waals surface area contributed by atoms with Crippen LogP contribution in [0, 0.1) is 19.3 Å². The summed E-state index contributed by atoms with van der Waals surface area (Å²) in [6.07, 6.45) is 5.33. The predicted octanol–water partition coefficient (Wildman–Crippen LogP) is 3.70. The molecule has 0 saturated carbocycles. The van der Waals surface area contributed by atoms with Gasteiger partial charge in [-0.1, -0.05) is 35.7 Å². The first-order valence-corrected chi connectivity index (χ1v) is 5.30. The van der Waals surface area contributed by atoms with Gasteiger partial charge in [0.2, 0.25) is 0 Å². The van der Waals surface area contributed by atoms with Crippen molar-refractivity contribution in [3.63, 3.8) is 0 Å². The van der Waals surface area contributed by atoms with Crippen LogP contribution in [0.1, 0.15) is 10.4 Å². The second-order valence-corrected chi connectivity index (χ2v) is 4.12. The molecule has 0 nitrogen and oxygen atoms in total. The van der Waals surface area contributed by atoms with Crippen LogP contribution >= 0.6 is 11.3 Å². The zero-order chi connectivity index (χ0) is 9.97. The van der Waals surface area contributed by atoms with E-state index in [9.17, 15) is 0 Å². The third kappa shape index (κ3) is 1.71. The molecule has 0 fully saturated rings. The molecule has 0 aliphatic rings. The maximum Gasteiger partial charge on any atom is 0.0772 e. The second kappa shape index (κ2) is 3.69. The topological polar surface area (TPSA) is 0 Å². The van der Waals surface area contributed by atoms with Gasteiger partial charge in [0.05, 0.1) is 4.88 Å². The van der Waals surface area contributed by atoms with E-state index in [-0.39, 0.29) is 0 Å². The molecule has 14 heavy (non-hydrogen) atoms. The van der Waals surface area contributed by atoms with Gasteiger partial charge in [-0.3, -0.25) is 0 Å². The lowest BCUT2D eigenvalue weighted by atomic mass is 10.1. The number of thiophene rings is 1. The molecule has 68 valence electrons. The van der Waals surface area contributed by atoms with Crippen molar-refractivity contribution in [1.82, 2.24) is 0 Å². The van der Waals surface area contributed by atoms with Gasteiger partial charge in [-0.2, -0.15) is 0 Å². The summed E-state index contributed by atoms with van der Waals surface area (Å²) in [5, 5.41) is 2.10. The highest BCUT2D eigenvalue weighted by Crippen LogP contribution is 2.25. The first-order valence-electron chi connectivity index (χ1n) is 4.42. The third-order valence-electron chi connectivity index (χ3n) is 2.09. The molecule has 0 atom stereocenters. The molecule has 1 heterocycles. The van der Waals surface area contributed by atoms with Gasteiger partial charge in [-0.05, 0) is 29.5 Å². The first-order chi connectivity index (χ1) is 6.79. The van der Waals surface area contributed by atoms with Gasteiger partial charge in [0.15, 0.2) is 0 Å². The molecule has 1 aromatic carbocycles. The van der Waals surface area contributed by atoms with Crippen molar-refractivity contribution in [2.24, 2.45) is 0 Å². The monoisotopic (exact) mass is 198 g/mol. The Morgan fingerprint density at radius 3 is 2.71 bits per heavy atom. The molecule has 0 aliphatic heterocycles. The highest BCUT2D eigenvalue weighted by atomic mass is 32.1. The molecule has 0 radical (unpaired) electrons. The maximum atomic E-state index is 5.33. The molecule has 0 unspecified atom stereocenters. The number of terminal acetylenes is 1. The van der Waals surface area contributed by atoms with E-state index >= 15 is 0 Å². The molecule has 2 aromatic rings. The van der Waals surface area contributed by atoms with Gasteiger partial charge in [0.25, 0.3) is 0 Å². The lowest BCUT2D eigenvalue weighted by molar-refractivity contribution is 1.47. The van der Waals surface area contributed by atoms with E-state index in [1.165, 1.54) is 16.7 Å². The van der Waals surface area contributed by atoms with E-state index < -0.39 is 0 Å². The van der Waals surface area contributed by atoms with Crippen LogP contribution in [0.5, 0.6) is 0 Å². The summed E-state index contributed by atoms with van der Waals surface area (Å²) < 4.78 is 0. The van der Waals surface area contributed by atoms with Crippen molar-refractivity contribution < 1.29 is 0 Å². The largest absolute Gasteiger partial charge is 0.135 e.